The van der Waals surface area contributed by atoms with E-state index in [2.05, 4.69) is 78.2 Å². The van der Waals surface area contributed by atoms with Crippen molar-refractivity contribution in [3.8, 4) is 0 Å². The summed E-state index contributed by atoms with van der Waals surface area (Å²) in [7, 11) is 2.05. The second-order valence-corrected chi connectivity index (χ2v) is 6.66. The van der Waals surface area contributed by atoms with Gasteiger partial charge in [0.15, 0.2) is 0 Å². The quantitative estimate of drug-likeness (QED) is 0.812. The summed E-state index contributed by atoms with van der Waals surface area (Å²) in [5.74, 6) is 1.17. The number of thioether (sulfide) groups is 1. The van der Waals surface area contributed by atoms with Gasteiger partial charge in [-0.2, -0.15) is 11.8 Å². The fourth-order valence-electron chi connectivity index (χ4n) is 1.57. The molecule has 1 nitrogen and oxygen atoms in total. The van der Waals surface area contributed by atoms with E-state index in [-0.39, 0.29) is 0 Å². The Bertz CT molecular complexity index is 330. The van der Waals surface area contributed by atoms with E-state index in [1.807, 2.05) is 0 Å². The molecule has 3 heteroatoms. The molecule has 0 radical (unpaired) electrons. The normalized spacial score (nSPS) is 14.6. The predicted molar refractivity (Wildman–Crippen MR) is 82.9 cm³/mol. The number of hydrogen-bond donors (Lipinski definition) is 1. The number of benzene rings is 1. The molecule has 0 aliphatic heterocycles. The zero-order chi connectivity index (χ0) is 12.7. The molecular weight excluding hydrogens is 294 g/mol. The second-order valence-electron chi connectivity index (χ2n) is 4.33. The summed E-state index contributed by atoms with van der Waals surface area (Å²) in [6.45, 7) is 4.55. The van der Waals surface area contributed by atoms with Crippen molar-refractivity contribution >= 4 is 27.7 Å². The molecule has 0 spiro atoms. The lowest BCUT2D eigenvalue weighted by Crippen LogP contribution is -2.30. The van der Waals surface area contributed by atoms with Gasteiger partial charge in [-0.05, 0) is 31.5 Å². The first-order chi connectivity index (χ1) is 8.17. The summed E-state index contributed by atoms with van der Waals surface area (Å²) in [6.07, 6.45) is 2.33. The summed E-state index contributed by atoms with van der Waals surface area (Å²) in [5.41, 5.74) is 1.39. The van der Waals surface area contributed by atoms with Crippen LogP contribution in [0.25, 0.3) is 0 Å². The highest BCUT2D eigenvalue weighted by molar-refractivity contribution is 9.10. The van der Waals surface area contributed by atoms with Crippen LogP contribution in [0.4, 0.5) is 0 Å². The lowest BCUT2D eigenvalue weighted by molar-refractivity contribution is 0.615. The van der Waals surface area contributed by atoms with Gasteiger partial charge in [-0.1, -0.05) is 48.0 Å². The van der Waals surface area contributed by atoms with E-state index in [4.69, 9.17) is 0 Å². The van der Waals surface area contributed by atoms with Crippen LogP contribution >= 0.6 is 27.7 Å². The van der Waals surface area contributed by atoms with Gasteiger partial charge in [0.2, 0.25) is 0 Å². The number of rotatable bonds is 7. The first-order valence-electron chi connectivity index (χ1n) is 6.19. The standard InChI is InChI=1S/C14H22BrNS/c1-4-11(2)17-10-13(16-3)9-12-7-5-6-8-14(12)15/h5-8,11,13,16H,4,9-10H2,1-3H3. The van der Waals surface area contributed by atoms with Gasteiger partial charge >= 0.3 is 0 Å². The van der Waals surface area contributed by atoms with Gasteiger partial charge in [-0.3, -0.25) is 0 Å². The van der Waals surface area contributed by atoms with E-state index in [0.29, 0.717) is 6.04 Å². The Labute approximate surface area is 118 Å². The van der Waals surface area contributed by atoms with Crippen LogP contribution in [0, 0.1) is 0 Å². The van der Waals surface area contributed by atoms with E-state index in [0.717, 1.165) is 11.7 Å². The minimum atomic E-state index is 0.549. The molecule has 0 saturated carbocycles. The number of likely N-dealkylation sites (N-methyl/N-ethyl adjacent to an activating group) is 1. The Kier molecular flexibility index (Phi) is 7.24. The molecule has 1 aromatic carbocycles. The maximum Gasteiger partial charge on any atom is 0.0207 e. The fourth-order valence-corrected chi connectivity index (χ4v) is 3.10. The van der Waals surface area contributed by atoms with Crippen LogP contribution < -0.4 is 5.32 Å². The molecule has 0 aliphatic carbocycles. The van der Waals surface area contributed by atoms with Crippen LogP contribution in [-0.2, 0) is 6.42 Å². The molecule has 0 aliphatic rings. The molecule has 0 amide bonds. The van der Waals surface area contributed by atoms with Crippen molar-refractivity contribution in [1.82, 2.24) is 5.32 Å². The number of hydrogen-bond acceptors (Lipinski definition) is 2. The Balaban J connectivity index is 2.49. The topological polar surface area (TPSA) is 12.0 Å². The van der Waals surface area contributed by atoms with Gasteiger partial charge in [-0.25, -0.2) is 0 Å². The highest BCUT2D eigenvalue weighted by Gasteiger charge is 2.11. The monoisotopic (exact) mass is 315 g/mol. The molecule has 0 bridgehead atoms. The van der Waals surface area contributed by atoms with Gasteiger partial charge in [0.1, 0.15) is 0 Å². The van der Waals surface area contributed by atoms with Crippen LogP contribution in [-0.4, -0.2) is 24.1 Å². The molecule has 1 N–H and O–H groups in total. The van der Waals surface area contributed by atoms with Crippen molar-refractivity contribution < 1.29 is 0 Å². The van der Waals surface area contributed by atoms with Gasteiger partial charge in [0, 0.05) is 21.5 Å². The highest BCUT2D eigenvalue weighted by atomic mass is 79.9. The van der Waals surface area contributed by atoms with Crippen molar-refractivity contribution in [2.75, 3.05) is 12.8 Å². The SMILES string of the molecule is CCC(C)SCC(Cc1ccccc1Br)NC. The lowest BCUT2D eigenvalue weighted by atomic mass is 10.1. The minimum absolute atomic E-state index is 0.549. The molecular formula is C14H22BrNS. The molecule has 17 heavy (non-hydrogen) atoms. The largest absolute Gasteiger partial charge is 0.316 e. The molecule has 0 saturated heterocycles. The van der Waals surface area contributed by atoms with E-state index < -0.39 is 0 Å². The Morgan fingerprint density at radius 2 is 2.06 bits per heavy atom. The van der Waals surface area contributed by atoms with E-state index in [1.165, 1.54) is 22.2 Å². The van der Waals surface area contributed by atoms with Crippen LogP contribution in [0.1, 0.15) is 25.8 Å². The van der Waals surface area contributed by atoms with Crippen LogP contribution in [0.3, 0.4) is 0 Å². The van der Waals surface area contributed by atoms with Gasteiger partial charge < -0.3 is 5.32 Å². The van der Waals surface area contributed by atoms with E-state index in [1.54, 1.807) is 0 Å². The van der Waals surface area contributed by atoms with Gasteiger partial charge in [0.25, 0.3) is 0 Å². The molecule has 0 aromatic heterocycles. The molecule has 0 fully saturated rings. The molecule has 2 atom stereocenters. The Hall–Kier alpha value is 0.01000. The van der Waals surface area contributed by atoms with Crippen LogP contribution in [0.2, 0.25) is 0 Å². The first kappa shape index (κ1) is 15.1. The predicted octanol–water partition coefficient (Wildman–Crippen LogP) is 4.11. The van der Waals surface area contributed by atoms with Crippen molar-refractivity contribution in [2.24, 2.45) is 0 Å². The minimum Gasteiger partial charge on any atom is -0.316 e. The van der Waals surface area contributed by atoms with Crippen LogP contribution in [0.15, 0.2) is 28.7 Å². The summed E-state index contributed by atoms with van der Waals surface area (Å²) >= 11 is 5.67. The van der Waals surface area contributed by atoms with Crippen molar-refractivity contribution in [2.45, 2.75) is 38.0 Å². The molecule has 1 rings (SSSR count). The number of nitrogens with one attached hydrogen (secondary N) is 1. The molecule has 96 valence electrons. The van der Waals surface area contributed by atoms with Crippen molar-refractivity contribution in [3.63, 3.8) is 0 Å². The van der Waals surface area contributed by atoms with E-state index in [9.17, 15) is 0 Å². The summed E-state index contributed by atoms with van der Waals surface area (Å²) in [4.78, 5) is 0. The van der Waals surface area contributed by atoms with Crippen molar-refractivity contribution in [1.29, 1.82) is 0 Å². The highest BCUT2D eigenvalue weighted by Crippen LogP contribution is 2.20. The smallest absolute Gasteiger partial charge is 0.0207 e. The number of halogens is 1. The Morgan fingerprint density at radius 1 is 1.35 bits per heavy atom. The lowest BCUT2D eigenvalue weighted by Gasteiger charge is -2.18. The third-order valence-corrected chi connectivity index (χ3v) is 5.26. The maximum atomic E-state index is 3.61. The van der Waals surface area contributed by atoms with Crippen LogP contribution in [0.5, 0.6) is 0 Å². The zero-order valence-electron chi connectivity index (χ0n) is 10.9. The average molecular weight is 316 g/mol. The van der Waals surface area contributed by atoms with Crippen molar-refractivity contribution in [3.05, 3.63) is 34.3 Å². The molecule has 0 heterocycles. The summed E-state index contributed by atoms with van der Waals surface area (Å²) in [6, 6.07) is 9.03. The van der Waals surface area contributed by atoms with Gasteiger partial charge in [-0.15, -0.1) is 0 Å². The Morgan fingerprint density at radius 3 is 2.65 bits per heavy atom. The molecule has 2 unspecified atom stereocenters. The average Bonchev–Trinajstić information content (AvgIpc) is 2.36. The summed E-state index contributed by atoms with van der Waals surface area (Å²) < 4.78 is 1.22. The third kappa shape index (κ3) is 5.45. The first-order valence-corrected chi connectivity index (χ1v) is 8.03. The molecule has 1 aromatic rings. The zero-order valence-corrected chi connectivity index (χ0v) is 13.3. The second kappa shape index (κ2) is 8.17. The van der Waals surface area contributed by atoms with Gasteiger partial charge in [0.05, 0.1) is 0 Å². The maximum absolute atomic E-state index is 3.61. The summed E-state index contributed by atoms with van der Waals surface area (Å²) in [5, 5.41) is 4.17. The van der Waals surface area contributed by atoms with E-state index >= 15 is 0 Å². The fraction of sp³-hybridized carbons (Fsp3) is 0.571. The third-order valence-electron chi connectivity index (χ3n) is 2.99.